The molecule has 32 heavy (non-hydrogen) atoms. The number of alkyl halides is 3. The predicted molar refractivity (Wildman–Crippen MR) is 122 cm³/mol. The number of hydrogen-bond acceptors (Lipinski definition) is 3. The highest BCUT2D eigenvalue weighted by Gasteiger charge is 2.34. The fourth-order valence-corrected chi connectivity index (χ4v) is 5.23. The van der Waals surface area contributed by atoms with Gasteiger partial charge in [-0.25, -0.2) is 0 Å². The van der Waals surface area contributed by atoms with Gasteiger partial charge in [0.05, 0.1) is 28.0 Å². The molecule has 3 aromatic rings. The van der Waals surface area contributed by atoms with E-state index in [1.165, 1.54) is 11.1 Å². The minimum Gasteiger partial charge on any atom is -0.593 e. The lowest BCUT2D eigenvalue weighted by Crippen LogP contribution is -2.37. The smallest absolute Gasteiger partial charge is 0.416 e. The van der Waals surface area contributed by atoms with Crippen LogP contribution in [0.3, 0.4) is 0 Å². The van der Waals surface area contributed by atoms with Crippen molar-refractivity contribution >= 4 is 23.0 Å². The summed E-state index contributed by atoms with van der Waals surface area (Å²) in [6.45, 7) is 2.22. The van der Waals surface area contributed by atoms with Crippen molar-refractivity contribution in [2.24, 2.45) is 0 Å². The maximum absolute atomic E-state index is 13.0. The third kappa shape index (κ3) is 5.66. The van der Waals surface area contributed by atoms with Crippen LogP contribution in [0.2, 0.25) is 5.02 Å². The summed E-state index contributed by atoms with van der Waals surface area (Å²) in [5.74, 6) is 0. The number of halogens is 4. The van der Waals surface area contributed by atoms with E-state index < -0.39 is 23.1 Å². The van der Waals surface area contributed by atoms with Crippen molar-refractivity contribution in [2.75, 3.05) is 13.1 Å². The predicted octanol–water partition coefficient (Wildman–Crippen LogP) is 5.91. The lowest BCUT2D eigenvalue weighted by atomic mass is 10.0. The van der Waals surface area contributed by atoms with E-state index in [9.17, 15) is 17.7 Å². The zero-order chi connectivity index (χ0) is 22.7. The average Bonchev–Trinajstić information content (AvgIpc) is 3.21. The Morgan fingerprint density at radius 3 is 2.38 bits per heavy atom. The minimum atomic E-state index is -4.51. The van der Waals surface area contributed by atoms with E-state index in [1.807, 2.05) is 18.2 Å². The van der Waals surface area contributed by atoms with Crippen molar-refractivity contribution < 1.29 is 17.7 Å². The number of nitrogens with zero attached hydrogens (tertiary/aromatic N) is 1. The summed E-state index contributed by atoms with van der Waals surface area (Å²) >= 11 is 4.18. The molecule has 0 bridgehead atoms. The van der Waals surface area contributed by atoms with E-state index in [2.05, 4.69) is 46.0 Å². The summed E-state index contributed by atoms with van der Waals surface area (Å²) in [5.41, 5.74) is 2.63. The molecule has 0 spiro atoms. The first-order valence-electron chi connectivity index (χ1n) is 10.2. The van der Waals surface area contributed by atoms with Crippen LogP contribution < -0.4 is 4.72 Å². The molecule has 0 radical (unpaired) electrons. The van der Waals surface area contributed by atoms with Gasteiger partial charge < -0.3 is 4.55 Å². The van der Waals surface area contributed by atoms with Crippen molar-refractivity contribution in [1.82, 2.24) is 9.62 Å². The van der Waals surface area contributed by atoms with Crippen molar-refractivity contribution in [3.63, 3.8) is 0 Å². The Balaban J connectivity index is 1.34. The molecule has 0 aromatic heterocycles. The molecule has 3 nitrogen and oxygen atoms in total. The van der Waals surface area contributed by atoms with Gasteiger partial charge in [-0.15, -0.1) is 4.72 Å². The van der Waals surface area contributed by atoms with Gasteiger partial charge in [-0.3, -0.25) is 4.90 Å². The molecule has 3 aromatic carbocycles. The summed E-state index contributed by atoms with van der Waals surface area (Å²) in [5, 5.41) is 0.0530. The summed E-state index contributed by atoms with van der Waals surface area (Å²) in [4.78, 5) is 2.19. The van der Waals surface area contributed by atoms with Crippen LogP contribution in [0.1, 0.15) is 17.5 Å². The molecule has 4 rings (SSSR count). The van der Waals surface area contributed by atoms with Gasteiger partial charge in [-0.05, 0) is 35.2 Å². The van der Waals surface area contributed by atoms with Crippen LogP contribution in [0.25, 0.3) is 11.1 Å². The molecule has 1 aliphatic rings. The number of rotatable bonds is 6. The molecule has 1 N–H and O–H groups in total. The lowest BCUT2D eigenvalue weighted by molar-refractivity contribution is -0.137. The monoisotopic (exact) mass is 478 g/mol. The molecular formula is C24H22ClF3N2OS. The fourth-order valence-electron chi connectivity index (χ4n) is 3.80. The Morgan fingerprint density at radius 1 is 1.00 bits per heavy atom. The van der Waals surface area contributed by atoms with Crippen LogP contribution in [0, 0.1) is 0 Å². The van der Waals surface area contributed by atoms with Crippen LogP contribution in [0.4, 0.5) is 13.2 Å². The highest BCUT2D eigenvalue weighted by Crippen LogP contribution is 2.33. The second-order valence-electron chi connectivity index (χ2n) is 7.81. The quantitative estimate of drug-likeness (QED) is 0.447. The van der Waals surface area contributed by atoms with Crippen molar-refractivity contribution in [3.8, 4) is 11.1 Å². The van der Waals surface area contributed by atoms with E-state index in [1.54, 1.807) is 0 Å². The molecule has 8 heteroatoms. The molecule has 1 heterocycles. The molecule has 0 amide bonds. The van der Waals surface area contributed by atoms with Crippen molar-refractivity contribution in [1.29, 1.82) is 0 Å². The molecule has 168 valence electrons. The van der Waals surface area contributed by atoms with Gasteiger partial charge in [-0.1, -0.05) is 66.2 Å². The van der Waals surface area contributed by atoms with E-state index >= 15 is 0 Å². The lowest BCUT2D eigenvalue weighted by Gasteiger charge is -2.19. The average molecular weight is 479 g/mol. The third-order valence-corrected chi connectivity index (χ3v) is 7.20. The van der Waals surface area contributed by atoms with Gasteiger partial charge in [0.15, 0.2) is 4.90 Å². The van der Waals surface area contributed by atoms with Gasteiger partial charge in [-0.2, -0.15) is 13.2 Å². The molecule has 1 aliphatic heterocycles. The first kappa shape index (κ1) is 23.1. The second kappa shape index (κ2) is 9.85. The van der Waals surface area contributed by atoms with Gasteiger partial charge in [0.1, 0.15) is 0 Å². The fraction of sp³-hybridized carbons (Fsp3) is 0.250. The Kier molecular flexibility index (Phi) is 7.12. The first-order valence-corrected chi connectivity index (χ1v) is 11.7. The Bertz CT molecular complexity index is 1050. The van der Waals surface area contributed by atoms with Gasteiger partial charge in [0, 0.05) is 25.7 Å². The van der Waals surface area contributed by atoms with Crippen LogP contribution >= 0.6 is 11.6 Å². The maximum atomic E-state index is 13.0. The Hall–Kier alpha value is -2.03. The second-order valence-corrected chi connectivity index (χ2v) is 9.43. The Morgan fingerprint density at radius 2 is 1.69 bits per heavy atom. The van der Waals surface area contributed by atoms with Crippen LogP contribution in [0.15, 0.2) is 77.7 Å². The van der Waals surface area contributed by atoms with Crippen molar-refractivity contribution in [3.05, 3.63) is 88.9 Å². The van der Waals surface area contributed by atoms with E-state index in [0.717, 1.165) is 43.3 Å². The van der Waals surface area contributed by atoms with Gasteiger partial charge in [0.2, 0.25) is 0 Å². The summed E-state index contributed by atoms with van der Waals surface area (Å²) in [7, 11) is 0. The minimum absolute atomic E-state index is 0.0450. The topological polar surface area (TPSA) is 38.3 Å². The highest BCUT2D eigenvalue weighted by molar-refractivity contribution is 7.89. The maximum Gasteiger partial charge on any atom is 0.416 e. The van der Waals surface area contributed by atoms with E-state index in [4.69, 9.17) is 11.6 Å². The number of nitrogens with one attached hydrogen (secondary N) is 1. The zero-order valence-electron chi connectivity index (χ0n) is 17.1. The Labute approximate surface area is 193 Å². The largest absolute Gasteiger partial charge is 0.593 e. The van der Waals surface area contributed by atoms with Crippen LogP contribution in [-0.2, 0) is 24.1 Å². The molecular weight excluding hydrogens is 457 g/mol. The third-order valence-electron chi connectivity index (χ3n) is 5.47. The number of likely N-dealkylation sites (tertiary alicyclic amines) is 1. The normalized spacial score (nSPS) is 18.1. The number of hydrogen-bond donors (Lipinski definition) is 1. The van der Waals surface area contributed by atoms with Gasteiger partial charge in [0.25, 0.3) is 0 Å². The first-order chi connectivity index (χ1) is 15.3. The molecule has 0 aliphatic carbocycles. The molecule has 2 atom stereocenters. The number of benzene rings is 3. The summed E-state index contributed by atoms with van der Waals surface area (Å²) < 4.78 is 54.5. The van der Waals surface area contributed by atoms with E-state index in [0.29, 0.717) is 6.54 Å². The molecule has 0 unspecified atom stereocenters. The molecule has 0 saturated carbocycles. The van der Waals surface area contributed by atoms with E-state index in [-0.39, 0.29) is 16.0 Å². The van der Waals surface area contributed by atoms with Crippen molar-refractivity contribution in [2.45, 2.75) is 30.1 Å². The van der Waals surface area contributed by atoms with Gasteiger partial charge >= 0.3 is 6.18 Å². The summed E-state index contributed by atoms with van der Waals surface area (Å²) in [6.07, 6.45) is -3.76. The highest BCUT2D eigenvalue weighted by atomic mass is 35.5. The summed E-state index contributed by atoms with van der Waals surface area (Å²) in [6, 6.07) is 21.3. The standard InChI is InChI=1S/C24H22ClF3N2OS/c25-22-11-10-20(24(26,27)28)14-23(22)32(31)29-21-12-13-30(16-21)15-17-6-8-19(9-7-17)18-4-2-1-3-5-18/h1-11,14,21,29H,12-13,15-16H2/t21-,32+/m1/s1. The molecule has 1 saturated heterocycles. The SMILES string of the molecule is [O-][S@+](N[C@@H]1CCN(Cc2ccc(-c3ccccc3)cc2)C1)c1cc(C(F)(F)F)ccc1Cl. The molecule has 1 fully saturated rings. The zero-order valence-corrected chi connectivity index (χ0v) is 18.7. The van der Waals surface area contributed by atoms with Crippen LogP contribution in [-0.4, -0.2) is 28.6 Å². The van der Waals surface area contributed by atoms with Crippen LogP contribution in [0.5, 0.6) is 0 Å².